The van der Waals surface area contributed by atoms with Gasteiger partial charge in [-0.2, -0.15) is 0 Å². The van der Waals surface area contributed by atoms with Crippen LogP contribution in [0.4, 0.5) is 0 Å². The summed E-state index contributed by atoms with van der Waals surface area (Å²) in [4.78, 5) is 3.04. The van der Waals surface area contributed by atoms with Crippen LogP contribution in [-0.4, -0.2) is 23.4 Å². The first-order valence-corrected chi connectivity index (χ1v) is 8.83. The molecule has 0 aliphatic rings. The van der Waals surface area contributed by atoms with Crippen molar-refractivity contribution in [3.05, 3.63) is 60.2 Å². The van der Waals surface area contributed by atoms with Gasteiger partial charge >= 0.3 is 120 Å². The molecule has 4 heteroatoms. The Balaban J connectivity index is 2.16. The third-order valence-corrected chi connectivity index (χ3v) is 5.47. The van der Waals surface area contributed by atoms with Gasteiger partial charge in [-0.15, -0.1) is 0 Å². The van der Waals surface area contributed by atoms with E-state index in [0.29, 0.717) is 0 Å². The zero-order chi connectivity index (χ0) is 13.7. The summed E-state index contributed by atoms with van der Waals surface area (Å²) in [5.74, 6) is 0. The summed E-state index contributed by atoms with van der Waals surface area (Å²) >= 11 is -0.140. The number of benzene rings is 2. The van der Waals surface area contributed by atoms with E-state index >= 15 is 0 Å². The van der Waals surface area contributed by atoms with Crippen LogP contribution in [0.2, 0.25) is 0 Å². The summed E-state index contributed by atoms with van der Waals surface area (Å²) in [5, 5.41) is 2.39. The minimum absolute atomic E-state index is 0.140. The van der Waals surface area contributed by atoms with Crippen LogP contribution in [0.15, 0.2) is 59.5 Å². The molecule has 0 amide bonds. The van der Waals surface area contributed by atoms with Crippen LogP contribution in [-0.2, 0) is 9.84 Å². The summed E-state index contributed by atoms with van der Waals surface area (Å²) in [6.45, 7) is 1.92. The average molecular weight is 335 g/mol. The molecule has 0 radical (unpaired) electrons. The van der Waals surface area contributed by atoms with Crippen molar-refractivity contribution < 1.29 is 8.42 Å². The van der Waals surface area contributed by atoms with E-state index in [1.165, 1.54) is 0 Å². The van der Waals surface area contributed by atoms with Crippen molar-refractivity contribution in [2.45, 2.75) is 11.8 Å². The Labute approximate surface area is 119 Å². The maximum absolute atomic E-state index is 12.0. The van der Waals surface area contributed by atoms with E-state index in [1.807, 2.05) is 37.3 Å². The molecule has 0 spiro atoms. The molecular weight excluding hydrogens is 323 g/mol. The first kappa shape index (κ1) is 13.9. The van der Waals surface area contributed by atoms with Crippen LogP contribution >= 0.6 is 0 Å². The topological polar surface area (TPSA) is 34.1 Å². The van der Waals surface area contributed by atoms with Gasteiger partial charge in [-0.3, -0.25) is 0 Å². The number of hydrogen-bond acceptors (Lipinski definition) is 2. The fourth-order valence-electron chi connectivity index (χ4n) is 1.40. The molecule has 19 heavy (non-hydrogen) atoms. The minimum atomic E-state index is -3.49. The fourth-order valence-corrected chi connectivity index (χ4v) is 3.98. The van der Waals surface area contributed by atoms with E-state index in [2.05, 4.69) is 10.1 Å². The number of sulfone groups is 1. The fraction of sp³-hybridized carbons (Fsp3) is 0.0667. The van der Waals surface area contributed by atoms with Crippen LogP contribution in [0, 0.1) is 17.0 Å². The molecule has 0 N–H and O–H groups in total. The molecule has 0 aromatic heterocycles. The van der Waals surface area contributed by atoms with Gasteiger partial charge in [0.25, 0.3) is 0 Å². The number of rotatable bonds is 2. The molecule has 96 valence electrons. The molecule has 0 aliphatic carbocycles. The molecule has 0 saturated heterocycles. The van der Waals surface area contributed by atoms with Gasteiger partial charge in [-0.1, -0.05) is 0 Å². The van der Waals surface area contributed by atoms with E-state index in [9.17, 15) is 8.42 Å². The van der Waals surface area contributed by atoms with Crippen LogP contribution in [0.5, 0.6) is 0 Å². The Kier molecular flexibility index (Phi) is 4.44. The first-order valence-electron chi connectivity index (χ1n) is 5.63. The summed E-state index contributed by atoms with van der Waals surface area (Å²) < 4.78 is 25.0. The second-order valence-corrected chi connectivity index (χ2v) is 7.46. The third-order valence-electron chi connectivity index (χ3n) is 2.42. The van der Waals surface area contributed by atoms with Crippen LogP contribution < -0.4 is 4.46 Å². The molecule has 0 bridgehead atoms. The number of hydrogen-bond donors (Lipinski definition) is 0. The molecule has 0 fully saturated rings. The van der Waals surface area contributed by atoms with Crippen molar-refractivity contribution >= 4 is 29.3 Å². The van der Waals surface area contributed by atoms with Crippen molar-refractivity contribution in [2.24, 2.45) is 0 Å². The van der Waals surface area contributed by atoms with Gasteiger partial charge in [0, 0.05) is 0 Å². The zero-order valence-corrected chi connectivity index (χ0v) is 12.9. The Morgan fingerprint density at radius 3 is 2.21 bits per heavy atom. The summed E-state index contributed by atoms with van der Waals surface area (Å²) in [6, 6.07) is 16.4. The van der Waals surface area contributed by atoms with Gasteiger partial charge in [-0.25, -0.2) is 0 Å². The standard InChI is InChI=1S/C15H12O2SSe/c1-13-7-9-14(10-8-13)18(16,17)11-12-19-15-5-3-2-4-6-15/h2-10H,1H3. The van der Waals surface area contributed by atoms with Gasteiger partial charge in [-0.05, 0) is 0 Å². The molecule has 0 saturated carbocycles. The Hall–Kier alpha value is -1.53. The van der Waals surface area contributed by atoms with Crippen molar-refractivity contribution in [1.29, 1.82) is 0 Å². The number of aryl methyl sites for hydroxylation is 1. The summed E-state index contributed by atoms with van der Waals surface area (Å²) in [6.07, 6.45) is 0. The van der Waals surface area contributed by atoms with Crippen molar-refractivity contribution in [2.75, 3.05) is 0 Å². The predicted molar refractivity (Wildman–Crippen MR) is 78.0 cm³/mol. The van der Waals surface area contributed by atoms with E-state index < -0.39 is 9.84 Å². The second-order valence-electron chi connectivity index (χ2n) is 3.94. The third kappa shape index (κ3) is 3.97. The SMILES string of the molecule is Cc1ccc(S(=O)(=O)C#C[Se]c2ccccc2)cc1. The van der Waals surface area contributed by atoms with Crippen LogP contribution in [0.3, 0.4) is 0 Å². The molecular formula is C15H12O2SSe. The van der Waals surface area contributed by atoms with Gasteiger partial charge in [0.05, 0.1) is 0 Å². The summed E-state index contributed by atoms with van der Waals surface area (Å²) in [5.41, 5.74) is 1.03. The van der Waals surface area contributed by atoms with Crippen molar-refractivity contribution in [3.8, 4) is 10.1 Å². The molecule has 2 rings (SSSR count). The van der Waals surface area contributed by atoms with E-state index in [4.69, 9.17) is 0 Å². The van der Waals surface area contributed by atoms with E-state index in [0.717, 1.165) is 10.0 Å². The first-order chi connectivity index (χ1) is 9.08. The van der Waals surface area contributed by atoms with Gasteiger partial charge in [0.15, 0.2) is 0 Å². The Bertz CT molecular complexity index is 708. The molecule has 0 aliphatic heterocycles. The average Bonchev–Trinajstić information content (AvgIpc) is 2.40. The zero-order valence-electron chi connectivity index (χ0n) is 10.3. The molecule has 2 aromatic rings. The van der Waals surface area contributed by atoms with Gasteiger partial charge in [0.1, 0.15) is 0 Å². The van der Waals surface area contributed by atoms with E-state index in [-0.39, 0.29) is 19.9 Å². The second kappa shape index (κ2) is 6.08. The molecule has 0 unspecified atom stereocenters. The normalized spacial score (nSPS) is 10.6. The van der Waals surface area contributed by atoms with E-state index in [1.54, 1.807) is 24.3 Å². The van der Waals surface area contributed by atoms with Crippen LogP contribution in [0.1, 0.15) is 5.56 Å². The maximum atomic E-state index is 12.0. The molecule has 2 aromatic carbocycles. The predicted octanol–water partition coefficient (Wildman–Crippen LogP) is 1.72. The van der Waals surface area contributed by atoms with Crippen molar-refractivity contribution in [3.63, 3.8) is 0 Å². The van der Waals surface area contributed by atoms with Gasteiger partial charge in [0.2, 0.25) is 0 Å². The molecule has 2 nitrogen and oxygen atoms in total. The summed E-state index contributed by atoms with van der Waals surface area (Å²) in [7, 11) is -3.49. The van der Waals surface area contributed by atoms with Crippen LogP contribution in [0.25, 0.3) is 0 Å². The quantitative estimate of drug-likeness (QED) is 0.619. The van der Waals surface area contributed by atoms with Gasteiger partial charge < -0.3 is 0 Å². The Morgan fingerprint density at radius 2 is 1.58 bits per heavy atom. The monoisotopic (exact) mass is 336 g/mol. The Morgan fingerprint density at radius 1 is 0.947 bits per heavy atom. The molecule has 0 heterocycles. The van der Waals surface area contributed by atoms with Crippen molar-refractivity contribution in [1.82, 2.24) is 0 Å². The molecule has 0 atom stereocenters.